The molecular weight excluding hydrogens is 218 g/mol. The second kappa shape index (κ2) is 3.56. The average Bonchev–Trinajstić information content (AvgIpc) is 2.83. The first kappa shape index (κ1) is 9.78. The summed E-state index contributed by atoms with van der Waals surface area (Å²) in [6.07, 6.45) is 2.30. The van der Waals surface area contributed by atoms with Crippen LogP contribution in [0.4, 0.5) is 5.95 Å². The van der Waals surface area contributed by atoms with Gasteiger partial charge in [-0.15, -0.1) is 0 Å². The highest BCUT2D eigenvalue weighted by atomic mass is 32.2. The summed E-state index contributed by atoms with van der Waals surface area (Å²) in [6, 6.07) is 4.26. The quantitative estimate of drug-likeness (QED) is 0.793. The van der Waals surface area contributed by atoms with Crippen molar-refractivity contribution in [3.8, 4) is 0 Å². The van der Waals surface area contributed by atoms with Crippen molar-refractivity contribution >= 4 is 34.3 Å². The Balaban J connectivity index is 2.20. The average molecular weight is 231 g/mol. The Morgan fingerprint density at radius 1 is 1.44 bits per heavy atom. The van der Waals surface area contributed by atoms with E-state index < -0.39 is 0 Å². The van der Waals surface area contributed by atoms with Crippen LogP contribution >= 0.6 is 11.8 Å². The Labute approximate surface area is 98.1 Å². The van der Waals surface area contributed by atoms with Crippen LogP contribution in [0.5, 0.6) is 0 Å². The van der Waals surface area contributed by atoms with Gasteiger partial charge < -0.3 is 10.7 Å². The molecule has 16 heavy (non-hydrogen) atoms. The minimum atomic E-state index is 0.487. The predicted molar refractivity (Wildman–Crippen MR) is 70.5 cm³/mol. The van der Waals surface area contributed by atoms with Crippen molar-refractivity contribution in [3.05, 3.63) is 29.3 Å². The highest BCUT2D eigenvalue weighted by Gasteiger charge is 2.12. The molecule has 3 N–H and O–H groups in total. The van der Waals surface area contributed by atoms with Crippen LogP contribution in [0.1, 0.15) is 11.1 Å². The lowest BCUT2D eigenvalue weighted by atomic mass is 10.0. The number of nitrogen functional groups attached to an aromatic ring is 1. The Kier molecular flexibility index (Phi) is 2.17. The fraction of sp³-hybridized carbons (Fsp3) is 0.250. The summed E-state index contributed by atoms with van der Waals surface area (Å²) in [7, 11) is 0. The Morgan fingerprint density at radius 2 is 2.31 bits per heavy atom. The third kappa shape index (κ3) is 1.50. The molecule has 82 valence electrons. The molecule has 0 saturated carbocycles. The number of rotatable bonds is 1. The smallest absolute Gasteiger partial charge is 0.198 e. The number of aromatic nitrogens is 2. The van der Waals surface area contributed by atoms with Crippen molar-refractivity contribution in [2.45, 2.75) is 6.92 Å². The SMILES string of the molecule is Cc1cc2[nH]c(N)nc2cc1C1=CCSC1. The molecule has 1 aliphatic heterocycles. The van der Waals surface area contributed by atoms with E-state index in [1.165, 1.54) is 16.7 Å². The Hall–Kier alpha value is -1.42. The second-order valence-corrected chi connectivity index (χ2v) is 5.08. The lowest BCUT2D eigenvalue weighted by Gasteiger charge is -2.06. The first-order valence-electron chi connectivity index (χ1n) is 5.27. The van der Waals surface area contributed by atoms with Crippen LogP contribution in [0, 0.1) is 6.92 Å². The van der Waals surface area contributed by atoms with Crippen LogP contribution < -0.4 is 5.73 Å². The van der Waals surface area contributed by atoms with Crippen molar-refractivity contribution in [2.24, 2.45) is 0 Å². The van der Waals surface area contributed by atoms with Gasteiger partial charge in [-0.3, -0.25) is 0 Å². The van der Waals surface area contributed by atoms with E-state index >= 15 is 0 Å². The zero-order valence-corrected chi connectivity index (χ0v) is 9.90. The van der Waals surface area contributed by atoms with Crippen LogP contribution in [-0.4, -0.2) is 21.5 Å². The molecule has 3 rings (SSSR count). The molecule has 4 heteroatoms. The van der Waals surface area contributed by atoms with Gasteiger partial charge >= 0.3 is 0 Å². The molecular formula is C12H13N3S. The van der Waals surface area contributed by atoms with E-state index in [-0.39, 0.29) is 0 Å². The lowest BCUT2D eigenvalue weighted by molar-refractivity contribution is 1.35. The number of aryl methyl sites for hydroxylation is 1. The van der Waals surface area contributed by atoms with Crippen molar-refractivity contribution in [1.82, 2.24) is 9.97 Å². The van der Waals surface area contributed by atoms with Crippen LogP contribution in [0.15, 0.2) is 18.2 Å². The van der Waals surface area contributed by atoms with E-state index in [0.717, 1.165) is 22.5 Å². The molecule has 0 radical (unpaired) electrons. The number of benzene rings is 1. The third-order valence-corrected chi connectivity index (χ3v) is 3.81. The van der Waals surface area contributed by atoms with E-state index in [1.54, 1.807) is 0 Å². The summed E-state index contributed by atoms with van der Waals surface area (Å²) in [5.74, 6) is 2.71. The molecule has 0 saturated heterocycles. The van der Waals surface area contributed by atoms with Crippen molar-refractivity contribution in [2.75, 3.05) is 17.2 Å². The zero-order valence-electron chi connectivity index (χ0n) is 9.08. The van der Waals surface area contributed by atoms with Gasteiger partial charge in [-0.1, -0.05) is 6.08 Å². The summed E-state index contributed by atoms with van der Waals surface area (Å²) in [5, 5.41) is 0. The third-order valence-electron chi connectivity index (χ3n) is 2.90. The molecule has 0 spiro atoms. The fourth-order valence-corrected chi connectivity index (χ4v) is 3.04. The van der Waals surface area contributed by atoms with Crippen LogP contribution in [0.25, 0.3) is 16.6 Å². The lowest BCUT2D eigenvalue weighted by Crippen LogP contribution is -1.89. The summed E-state index contributed by atoms with van der Waals surface area (Å²) in [4.78, 5) is 7.33. The molecule has 2 heterocycles. The molecule has 3 nitrogen and oxygen atoms in total. The first-order chi connectivity index (χ1) is 7.74. The highest BCUT2D eigenvalue weighted by molar-refractivity contribution is 8.00. The van der Waals surface area contributed by atoms with Gasteiger partial charge in [-0.2, -0.15) is 11.8 Å². The van der Waals surface area contributed by atoms with Crippen LogP contribution in [0.2, 0.25) is 0 Å². The second-order valence-electron chi connectivity index (χ2n) is 4.05. The van der Waals surface area contributed by atoms with E-state index in [0.29, 0.717) is 5.95 Å². The largest absolute Gasteiger partial charge is 0.369 e. The fourth-order valence-electron chi connectivity index (χ4n) is 2.11. The van der Waals surface area contributed by atoms with Gasteiger partial charge in [-0.25, -0.2) is 4.98 Å². The molecule has 2 aromatic rings. The summed E-state index contributed by atoms with van der Waals surface area (Å²) < 4.78 is 0. The minimum Gasteiger partial charge on any atom is -0.369 e. The maximum Gasteiger partial charge on any atom is 0.198 e. The number of nitrogens with two attached hydrogens (primary N) is 1. The summed E-state index contributed by atoms with van der Waals surface area (Å²) in [5.41, 5.74) is 11.6. The number of aromatic amines is 1. The van der Waals surface area contributed by atoms with E-state index in [9.17, 15) is 0 Å². The number of nitrogens with one attached hydrogen (secondary N) is 1. The molecule has 0 unspecified atom stereocenters. The molecule has 1 aromatic heterocycles. The molecule has 0 fully saturated rings. The number of anilines is 1. The van der Waals surface area contributed by atoms with Crippen molar-refractivity contribution < 1.29 is 0 Å². The van der Waals surface area contributed by atoms with Gasteiger partial charge in [-0.05, 0) is 35.8 Å². The Morgan fingerprint density at radius 3 is 3.06 bits per heavy atom. The highest BCUT2D eigenvalue weighted by Crippen LogP contribution is 2.30. The number of nitrogens with zero attached hydrogens (tertiary/aromatic N) is 1. The van der Waals surface area contributed by atoms with Gasteiger partial charge in [0.15, 0.2) is 5.95 Å². The topological polar surface area (TPSA) is 54.7 Å². The zero-order chi connectivity index (χ0) is 11.1. The number of imidazole rings is 1. The number of thioether (sulfide) groups is 1. The molecule has 0 bridgehead atoms. The number of fused-ring (bicyclic) bond motifs is 1. The van der Waals surface area contributed by atoms with Crippen molar-refractivity contribution in [1.29, 1.82) is 0 Å². The van der Waals surface area contributed by atoms with Crippen molar-refractivity contribution in [3.63, 3.8) is 0 Å². The van der Waals surface area contributed by atoms with Gasteiger partial charge in [0, 0.05) is 11.5 Å². The maximum atomic E-state index is 5.66. The maximum absolute atomic E-state index is 5.66. The van der Waals surface area contributed by atoms with Gasteiger partial charge in [0.25, 0.3) is 0 Å². The molecule has 0 aliphatic carbocycles. The normalized spacial score (nSPS) is 15.7. The standard InChI is InChI=1S/C12H13N3S/c1-7-4-10-11(15-12(13)14-10)5-9(7)8-2-3-16-6-8/h2,4-5H,3,6H2,1H3,(H3,13,14,15). The summed E-state index contributed by atoms with van der Waals surface area (Å²) in [6.45, 7) is 2.13. The molecule has 0 atom stereocenters. The molecule has 1 aliphatic rings. The van der Waals surface area contributed by atoms with Gasteiger partial charge in [0.1, 0.15) is 0 Å². The monoisotopic (exact) mass is 231 g/mol. The van der Waals surface area contributed by atoms with E-state index in [4.69, 9.17) is 5.73 Å². The Bertz CT molecular complexity index is 583. The van der Waals surface area contributed by atoms with Gasteiger partial charge in [0.05, 0.1) is 11.0 Å². The summed E-state index contributed by atoms with van der Waals surface area (Å²) >= 11 is 1.95. The van der Waals surface area contributed by atoms with E-state index in [2.05, 4.69) is 35.1 Å². The minimum absolute atomic E-state index is 0.487. The number of hydrogen-bond acceptors (Lipinski definition) is 3. The number of H-pyrrole nitrogens is 1. The van der Waals surface area contributed by atoms with Crippen LogP contribution in [0.3, 0.4) is 0 Å². The first-order valence-corrected chi connectivity index (χ1v) is 6.42. The number of hydrogen-bond donors (Lipinski definition) is 2. The van der Waals surface area contributed by atoms with Gasteiger partial charge in [0.2, 0.25) is 0 Å². The van der Waals surface area contributed by atoms with Crippen LogP contribution in [-0.2, 0) is 0 Å². The van der Waals surface area contributed by atoms with E-state index in [1.807, 2.05) is 11.8 Å². The molecule has 0 amide bonds. The molecule has 1 aromatic carbocycles. The predicted octanol–water partition coefficient (Wildman–Crippen LogP) is 2.58.